The molecule has 1 saturated carbocycles. The van der Waals surface area contributed by atoms with E-state index >= 15 is 0 Å². The van der Waals surface area contributed by atoms with E-state index in [1.54, 1.807) is 12.1 Å². The molecule has 7 heteroatoms. The first kappa shape index (κ1) is 19.6. The Morgan fingerprint density at radius 3 is 2.74 bits per heavy atom. The van der Waals surface area contributed by atoms with Crippen LogP contribution in [0.2, 0.25) is 0 Å². The molecule has 27 heavy (non-hydrogen) atoms. The number of aryl methyl sites for hydroxylation is 1. The van der Waals surface area contributed by atoms with Gasteiger partial charge in [-0.2, -0.15) is 0 Å². The average Bonchev–Trinajstić information content (AvgIpc) is 3.13. The number of hydrogen-bond donors (Lipinski definition) is 2. The molecule has 1 aromatic carbocycles. The van der Waals surface area contributed by atoms with E-state index in [1.165, 1.54) is 50.7 Å². The molecule has 0 saturated heterocycles. The SMILES string of the molecule is O=C(Nc1ccc(Br)cc1C(=O)O)c1cc(CCCC2CCCCC2)on1. The number of hydrogen-bond acceptors (Lipinski definition) is 4. The van der Waals surface area contributed by atoms with Crippen LogP contribution in [0.25, 0.3) is 0 Å². The number of halogens is 1. The molecule has 0 unspecified atom stereocenters. The number of benzene rings is 1. The lowest BCUT2D eigenvalue weighted by Crippen LogP contribution is -2.15. The fourth-order valence-corrected chi connectivity index (χ4v) is 3.93. The lowest BCUT2D eigenvalue weighted by Gasteiger charge is -2.20. The second kappa shape index (κ2) is 9.17. The predicted octanol–water partition coefficient (Wildman–Crippen LogP) is 5.29. The van der Waals surface area contributed by atoms with Gasteiger partial charge in [-0.3, -0.25) is 4.79 Å². The van der Waals surface area contributed by atoms with E-state index in [-0.39, 0.29) is 16.9 Å². The molecule has 1 aliphatic carbocycles. The molecule has 0 atom stereocenters. The van der Waals surface area contributed by atoms with Crippen molar-refractivity contribution in [1.82, 2.24) is 5.16 Å². The zero-order chi connectivity index (χ0) is 19.2. The minimum atomic E-state index is -1.12. The minimum absolute atomic E-state index is 0.00826. The van der Waals surface area contributed by atoms with Gasteiger partial charge in [0.25, 0.3) is 5.91 Å². The number of nitrogens with one attached hydrogen (secondary N) is 1. The van der Waals surface area contributed by atoms with Crippen molar-refractivity contribution in [2.75, 3.05) is 5.32 Å². The van der Waals surface area contributed by atoms with Crippen LogP contribution in [0.1, 0.15) is 71.6 Å². The molecule has 144 valence electrons. The fourth-order valence-electron chi connectivity index (χ4n) is 3.57. The summed E-state index contributed by atoms with van der Waals surface area (Å²) >= 11 is 3.23. The number of rotatable bonds is 7. The number of aromatic carboxylic acids is 1. The number of carboxylic acids is 1. The number of carbonyl (C=O) groups is 2. The Hall–Kier alpha value is -2.15. The maximum absolute atomic E-state index is 12.4. The Bertz CT molecular complexity index is 812. The number of carbonyl (C=O) groups excluding carboxylic acids is 1. The van der Waals surface area contributed by atoms with Gasteiger partial charge in [0.15, 0.2) is 5.69 Å². The highest BCUT2D eigenvalue weighted by molar-refractivity contribution is 9.10. The molecule has 1 heterocycles. The number of amides is 1. The van der Waals surface area contributed by atoms with E-state index in [0.717, 1.165) is 18.8 Å². The first-order valence-electron chi connectivity index (χ1n) is 9.32. The van der Waals surface area contributed by atoms with Crippen LogP contribution < -0.4 is 5.32 Å². The molecule has 2 N–H and O–H groups in total. The fraction of sp³-hybridized carbons (Fsp3) is 0.450. The lowest BCUT2D eigenvalue weighted by molar-refractivity contribution is 0.0698. The van der Waals surface area contributed by atoms with Crippen LogP contribution in [0.5, 0.6) is 0 Å². The summed E-state index contributed by atoms with van der Waals surface area (Å²) in [5.41, 5.74) is 0.383. The summed E-state index contributed by atoms with van der Waals surface area (Å²) in [6.45, 7) is 0. The van der Waals surface area contributed by atoms with Crippen molar-refractivity contribution in [2.45, 2.75) is 51.4 Å². The van der Waals surface area contributed by atoms with E-state index in [9.17, 15) is 14.7 Å². The topological polar surface area (TPSA) is 92.4 Å². The van der Waals surface area contributed by atoms with E-state index in [4.69, 9.17) is 4.52 Å². The normalized spacial score (nSPS) is 14.9. The summed E-state index contributed by atoms with van der Waals surface area (Å²) in [5, 5.41) is 15.7. The molecule has 0 bridgehead atoms. The van der Waals surface area contributed by atoms with E-state index in [1.807, 2.05) is 0 Å². The molecule has 0 aliphatic heterocycles. The Balaban J connectivity index is 1.56. The maximum atomic E-state index is 12.4. The summed E-state index contributed by atoms with van der Waals surface area (Å²) in [6.07, 6.45) is 9.65. The van der Waals surface area contributed by atoms with E-state index in [2.05, 4.69) is 26.4 Å². The molecular weight excluding hydrogens is 412 g/mol. The third-order valence-electron chi connectivity index (χ3n) is 5.01. The summed E-state index contributed by atoms with van der Waals surface area (Å²) in [7, 11) is 0. The Morgan fingerprint density at radius 1 is 1.22 bits per heavy atom. The van der Waals surface area contributed by atoms with Crippen molar-refractivity contribution >= 4 is 33.5 Å². The zero-order valence-corrected chi connectivity index (χ0v) is 16.6. The van der Waals surface area contributed by atoms with E-state index in [0.29, 0.717) is 10.2 Å². The van der Waals surface area contributed by atoms with Crippen LogP contribution in [-0.4, -0.2) is 22.1 Å². The number of carboxylic acid groups (broad SMARTS) is 1. The summed E-state index contributed by atoms with van der Waals surface area (Å²) in [5.74, 6) is -0.0984. The van der Waals surface area contributed by atoms with Gasteiger partial charge in [-0.15, -0.1) is 0 Å². The van der Waals surface area contributed by atoms with Crippen LogP contribution >= 0.6 is 15.9 Å². The predicted molar refractivity (Wildman–Crippen MR) is 105 cm³/mol. The Morgan fingerprint density at radius 2 is 2.00 bits per heavy atom. The minimum Gasteiger partial charge on any atom is -0.478 e. The molecule has 1 fully saturated rings. The standard InChI is InChI=1S/C20H23BrN2O4/c21-14-9-10-17(16(11-14)20(25)26)22-19(24)18-12-15(27-23-18)8-4-7-13-5-2-1-3-6-13/h9-13H,1-8H2,(H,22,24)(H,25,26). The largest absolute Gasteiger partial charge is 0.478 e. The molecule has 1 aliphatic rings. The van der Waals surface area contributed by atoms with Crippen LogP contribution in [0.15, 0.2) is 33.3 Å². The quantitative estimate of drug-likeness (QED) is 0.617. The van der Waals surface area contributed by atoms with Gasteiger partial charge in [0.2, 0.25) is 0 Å². The highest BCUT2D eigenvalue weighted by Crippen LogP contribution is 2.28. The summed E-state index contributed by atoms with van der Waals surface area (Å²) in [4.78, 5) is 23.7. The van der Waals surface area contributed by atoms with Gasteiger partial charge in [0.1, 0.15) is 5.76 Å². The molecule has 6 nitrogen and oxygen atoms in total. The Kier molecular flexibility index (Phi) is 6.66. The van der Waals surface area contributed by atoms with Gasteiger partial charge in [0, 0.05) is 17.0 Å². The van der Waals surface area contributed by atoms with Crippen molar-refractivity contribution < 1.29 is 19.2 Å². The summed E-state index contributed by atoms with van der Waals surface area (Å²) < 4.78 is 5.90. The number of nitrogens with zero attached hydrogens (tertiary/aromatic N) is 1. The smallest absolute Gasteiger partial charge is 0.337 e. The van der Waals surface area contributed by atoms with Crippen LogP contribution in [-0.2, 0) is 6.42 Å². The second-order valence-electron chi connectivity index (χ2n) is 7.02. The molecule has 0 spiro atoms. The van der Waals surface area contributed by atoms with Gasteiger partial charge in [-0.05, 0) is 30.5 Å². The molecule has 1 aromatic heterocycles. The Labute approximate surface area is 166 Å². The highest BCUT2D eigenvalue weighted by atomic mass is 79.9. The van der Waals surface area contributed by atoms with Crippen LogP contribution in [0.3, 0.4) is 0 Å². The molecular formula is C20H23BrN2O4. The summed E-state index contributed by atoms with van der Waals surface area (Å²) in [6, 6.07) is 6.28. The maximum Gasteiger partial charge on any atom is 0.337 e. The van der Waals surface area contributed by atoms with Crippen LogP contribution in [0, 0.1) is 5.92 Å². The molecule has 1 amide bonds. The zero-order valence-electron chi connectivity index (χ0n) is 15.0. The van der Waals surface area contributed by atoms with Crippen molar-refractivity contribution in [3.63, 3.8) is 0 Å². The average molecular weight is 435 g/mol. The van der Waals surface area contributed by atoms with Gasteiger partial charge in [-0.1, -0.05) is 59.6 Å². The van der Waals surface area contributed by atoms with Gasteiger partial charge >= 0.3 is 5.97 Å². The van der Waals surface area contributed by atoms with E-state index < -0.39 is 11.9 Å². The van der Waals surface area contributed by atoms with Crippen molar-refractivity contribution in [2.24, 2.45) is 5.92 Å². The first-order chi connectivity index (χ1) is 13.0. The monoisotopic (exact) mass is 434 g/mol. The van der Waals surface area contributed by atoms with Crippen molar-refractivity contribution in [3.05, 3.63) is 45.8 Å². The third-order valence-corrected chi connectivity index (χ3v) is 5.51. The van der Waals surface area contributed by atoms with Gasteiger partial charge in [-0.25, -0.2) is 4.79 Å². The van der Waals surface area contributed by atoms with Crippen LogP contribution in [0.4, 0.5) is 5.69 Å². The first-order valence-corrected chi connectivity index (χ1v) is 10.1. The van der Waals surface area contributed by atoms with Crippen molar-refractivity contribution in [3.8, 4) is 0 Å². The highest BCUT2D eigenvalue weighted by Gasteiger charge is 2.18. The second-order valence-corrected chi connectivity index (χ2v) is 7.94. The molecule has 2 aromatic rings. The third kappa shape index (κ3) is 5.42. The number of aromatic nitrogens is 1. The molecule has 0 radical (unpaired) electrons. The van der Waals surface area contributed by atoms with Gasteiger partial charge < -0.3 is 14.9 Å². The van der Waals surface area contributed by atoms with Crippen molar-refractivity contribution in [1.29, 1.82) is 0 Å². The lowest BCUT2D eigenvalue weighted by atomic mass is 9.86. The number of anilines is 1. The van der Waals surface area contributed by atoms with Gasteiger partial charge in [0.05, 0.1) is 11.3 Å². The molecule has 3 rings (SSSR count).